The van der Waals surface area contributed by atoms with E-state index < -0.39 is 5.92 Å². The maximum Gasteiger partial charge on any atom is 0.244 e. The largest absolute Gasteiger partial charge is 0.338 e. The first-order chi connectivity index (χ1) is 9.61. The fourth-order valence-electron chi connectivity index (χ4n) is 1.78. The standard InChI is InChI=1S/C15H15N3O2/c1-10-11(2)18-20-15(10)17-14(19)13(9-16)8-12-6-4-3-5-7-12/h3-7,13H,8H2,1-2H3,(H,17,19). The summed E-state index contributed by atoms with van der Waals surface area (Å²) >= 11 is 0. The predicted octanol–water partition coefficient (Wildman–Crippen LogP) is 2.61. The summed E-state index contributed by atoms with van der Waals surface area (Å²) in [6.07, 6.45) is 0.370. The van der Waals surface area contributed by atoms with Crippen LogP contribution in [-0.4, -0.2) is 11.1 Å². The van der Waals surface area contributed by atoms with Gasteiger partial charge in [-0.3, -0.25) is 10.1 Å². The molecule has 1 amide bonds. The molecule has 1 aromatic heterocycles. The van der Waals surface area contributed by atoms with E-state index in [-0.39, 0.29) is 5.91 Å². The quantitative estimate of drug-likeness (QED) is 0.925. The van der Waals surface area contributed by atoms with Crippen molar-refractivity contribution in [2.75, 3.05) is 5.32 Å². The minimum Gasteiger partial charge on any atom is -0.338 e. The summed E-state index contributed by atoms with van der Waals surface area (Å²) in [5, 5.41) is 15.5. The number of carbonyl (C=O) groups is 1. The van der Waals surface area contributed by atoms with Crippen LogP contribution in [0.3, 0.4) is 0 Å². The second kappa shape index (κ2) is 6.02. The van der Waals surface area contributed by atoms with Gasteiger partial charge in [-0.2, -0.15) is 5.26 Å². The van der Waals surface area contributed by atoms with Crippen LogP contribution in [0, 0.1) is 31.1 Å². The third-order valence-corrected chi connectivity index (χ3v) is 3.15. The zero-order valence-electron chi connectivity index (χ0n) is 11.4. The molecule has 1 heterocycles. The Morgan fingerprint density at radius 2 is 2.10 bits per heavy atom. The smallest absolute Gasteiger partial charge is 0.244 e. The van der Waals surface area contributed by atoms with Gasteiger partial charge in [-0.15, -0.1) is 0 Å². The molecule has 5 nitrogen and oxygen atoms in total. The van der Waals surface area contributed by atoms with Gasteiger partial charge in [0.2, 0.25) is 11.8 Å². The van der Waals surface area contributed by atoms with Crippen molar-refractivity contribution in [2.24, 2.45) is 5.92 Å². The van der Waals surface area contributed by atoms with Crippen LogP contribution in [-0.2, 0) is 11.2 Å². The molecule has 5 heteroatoms. The Labute approximate surface area is 117 Å². The monoisotopic (exact) mass is 269 g/mol. The molecule has 0 aliphatic carbocycles. The van der Waals surface area contributed by atoms with Gasteiger partial charge >= 0.3 is 0 Å². The molecule has 1 N–H and O–H groups in total. The van der Waals surface area contributed by atoms with E-state index in [9.17, 15) is 4.79 Å². The van der Waals surface area contributed by atoms with E-state index in [0.29, 0.717) is 12.3 Å². The van der Waals surface area contributed by atoms with E-state index in [0.717, 1.165) is 16.8 Å². The Balaban J connectivity index is 2.07. The summed E-state index contributed by atoms with van der Waals surface area (Å²) in [7, 11) is 0. The molecule has 0 aliphatic heterocycles. The van der Waals surface area contributed by atoms with Crippen LogP contribution in [0.5, 0.6) is 0 Å². The van der Waals surface area contributed by atoms with E-state index in [2.05, 4.69) is 10.5 Å². The minimum absolute atomic E-state index is 0.306. The number of hydrogen-bond donors (Lipinski definition) is 1. The van der Waals surface area contributed by atoms with Gasteiger partial charge in [-0.25, -0.2) is 0 Å². The fraction of sp³-hybridized carbons (Fsp3) is 0.267. The van der Waals surface area contributed by atoms with E-state index in [1.165, 1.54) is 0 Å². The van der Waals surface area contributed by atoms with Gasteiger partial charge in [-0.05, 0) is 25.8 Å². The topological polar surface area (TPSA) is 78.9 Å². The van der Waals surface area contributed by atoms with Gasteiger partial charge in [0.1, 0.15) is 5.92 Å². The van der Waals surface area contributed by atoms with Crippen LogP contribution >= 0.6 is 0 Å². The van der Waals surface area contributed by atoms with E-state index in [1.54, 1.807) is 13.8 Å². The Morgan fingerprint density at radius 3 is 2.65 bits per heavy atom. The number of benzene rings is 1. The van der Waals surface area contributed by atoms with Crippen LogP contribution in [0.25, 0.3) is 0 Å². The molecule has 0 saturated carbocycles. The van der Waals surface area contributed by atoms with Gasteiger partial charge in [0.15, 0.2) is 0 Å². The minimum atomic E-state index is -0.762. The molecule has 0 bridgehead atoms. The van der Waals surface area contributed by atoms with E-state index in [4.69, 9.17) is 9.78 Å². The lowest BCUT2D eigenvalue weighted by molar-refractivity contribution is -0.118. The summed E-state index contributed by atoms with van der Waals surface area (Å²) in [4.78, 5) is 12.1. The molecule has 2 rings (SSSR count). The molecule has 0 fully saturated rings. The van der Waals surface area contributed by atoms with Crippen molar-refractivity contribution in [3.8, 4) is 6.07 Å². The second-order valence-corrected chi connectivity index (χ2v) is 4.58. The Hall–Kier alpha value is -2.61. The maximum atomic E-state index is 12.1. The van der Waals surface area contributed by atoms with Crippen molar-refractivity contribution in [3.63, 3.8) is 0 Å². The van der Waals surface area contributed by atoms with E-state index >= 15 is 0 Å². The van der Waals surface area contributed by atoms with Crippen molar-refractivity contribution in [2.45, 2.75) is 20.3 Å². The van der Waals surface area contributed by atoms with Crippen LogP contribution < -0.4 is 5.32 Å². The fourth-order valence-corrected chi connectivity index (χ4v) is 1.78. The van der Waals surface area contributed by atoms with Crippen LogP contribution in [0.15, 0.2) is 34.9 Å². The summed E-state index contributed by atoms with van der Waals surface area (Å²) in [5.74, 6) is -0.835. The molecular formula is C15H15N3O2. The number of hydrogen-bond acceptors (Lipinski definition) is 4. The molecular weight excluding hydrogens is 254 g/mol. The normalized spacial score (nSPS) is 11.7. The van der Waals surface area contributed by atoms with Crippen LogP contribution in [0.1, 0.15) is 16.8 Å². The van der Waals surface area contributed by atoms with Crippen LogP contribution in [0.4, 0.5) is 5.88 Å². The molecule has 0 radical (unpaired) electrons. The van der Waals surface area contributed by atoms with Crippen molar-refractivity contribution in [3.05, 3.63) is 47.2 Å². The number of nitrogens with one attached hydrogen (secondary N) is 1. The van der Waals surface area contributed by atoms with Gasteiger partial charge in [0.25, 0.3) is 0 Å². The highest BCUT2D eigenvalue weighted by Crippen LogP contribution is 2.19. The number of nitriles is 1. The maximum absolute atomic E-state index is 12.1. The van der Waals surface area contributed by atoms with E-state index in [1.807, 2.05) is 36.4 Å². The summed E-state index contributed by atoms with van der Waals surface area (Å²) < 4.78 is 5.02. The Bertz CT molecular complexity index is 641. The lowest BCUT2D eigenvalue weighted by Crippen LogP contribution is -2.23. The van der Waals surface area contributed by atoms with Crippen molar-refractivity contribution in [1.82, 2.24) is 5.16 Å². The van der Waals surface area contributed by atoms with Crippen molar-refractivity contribution >= 4 is 11.8 Å². The lowest BCUT2D eigenvalue weighted by atomic mass is 10.00. The summed E-state index contributed by atoms with van der Waals surface area (Å²) in [6.45, 7) is 3.60. The molecule has 0 saturated heterocycles. The highest BCUT2D eigenvalue weighted by Gasteiger charge is 2.21. The molecule has 20 heavy (non-hydrogen) atoms. The number of aromatic nitrogens is 1. The third kappa shape index (κ3) is 3.04. The first-order valence-electron chi connectivity index (χ1n) is 6.29. The average molecular weight is 269 g/mol. The van der Waals surface area contributed by atoms with Gasteiger partial charge < -0.3 is 4.52 Å². The van der Waals surface area contributed by atoms with Gasteiger partial charge in [0.05, 0.1) is 11.8 Å². The summed E-state index contributed by atoms with van der Waals surface area (Å²) in [5.41, 5.74) is 2.44. The second-order valence-electron chi connectivity index (χ2n) is 4.58. The number of rotatable bonds is 4. The Morgan fingerprint density at radius 1 is 1.40 bits per heavy atom. The molecule has 2 aromatic rings. The average Bonchev–Trinajstić information content (AvgIpc) is 2.77. The number of anilines is 1. The number of amides is 1. The molecule has 1 unspecified atom stereocenters. The highest BCUT2D eigenvalue weighted by molar-refractivity contribution is 5.93. The molecule has 0 aliphatic rings. The molecule has 1 atom stereocenters. The third-order valence-electron chi connectivity index (χ3n) is 3.15. The highest BCUT2D eigenvalue weighted by atomic mass is 16.5. The molecule has 1 aromatic carbocycles. The summed E-state index contributed by atoms with van der Waals surface area (Å²) in [6, 6.07) is 11.5. The van der Waals surface area contributed by atoms with Crippen LogP contribution in [0.2, 0.25) is 0 Å². The molecule has 0 spiro atoms. The Kier molecular flexibility index (Phi) is 4.16. The predicted molar refractivity (Wildman–Crippen MR) is 73.9 cm³/mol. The lowest BCUT2D eigenvalue weighted by Gasteiger charge is -2.08. The number of carbonyl (C=O) groups excluding carboxylic acids is 1. The van der Waals surface area contributed by atoms with Gasteiger partial charge in [0, 0.05) is 5.56 Å². The van der Waals surface area contributed by atoms with Gasteiger partial charge in [-0.1, -0.05) is 35.5 Å². The number of aryl methyl sites for hydroxylation is 1. The SMILES string of the molecule is Cc1noc(NC(=O)C(C#N)Cc2ccccc2)c1C. The zero-order valence-corrected chi connectivity index (χ0v) is 11.4. The first-order valence-corrected chi connectivity index (χ1v) is 6.29. The van der Waals surface area contributed by atoms with Crippen molar-refractivity contribution < 1.29 is 9.32 Å². The zero-order chi connectivity index (χ0) is 14.5. The van der Waals surface area contributed by atoms with Crippen molar-refractivity contribution in [1.29, 1.82) is 5.26 Å². The number of nitrogens with zero attached hydrogens (tertiary/aromatic N) is 2. The molecule has 102 valence electrons. The first kappa shape index (κ1) is 13.8.